The third kappa shape index (κ3) is 11.0. The van der Waals surface area contributed by atoms with Crippen LogP contribution in [-0.4, -0.2) is 19.1 Å². The van der Waals surface area contributed by atoms with Gasteiger partial charge in [-0.05, 0) is 6.92 Å². The number of hydrogen-bond donors (Lipinski definition) is 1. The van der Waals surface area contributed by atoms with Crippen LogP contribution in [0.5, 0.6) is 0 Å². The second kappa shape index (κ2) is 10.2. The molecule has 3 heteroatoms. The van der Waals surface area contributed by atoms with Crippen molar-refractivity contribution in [2.75, 3.05) is 13.2 Å². The molecule has 54 valence electrons. The molecule has 0 amide bonds. The first-order valence-corrected chi connectivity index (χ1v) is 2.67. The molecule has 0 aromatic rings. The fraction of sp³-hybridized carbons (Fsp3) is 0.500. The van der Waals surface area contributed by atoms with E-state index < -0.39 is 0 Å². The number of rotatable bonds is 2. The van der Waals surface area contributed by atoms with Gasteiger partial charge in [-0.3, -0.25) is 4.79 Å². The average molecular weight is 131 g/mol. The van der Waals surface area contributed by atoms with E-state index in [0.29, 0.717) is 6.61 Å². The summed E-state index contributed by atoms with van der Waals surface area (Å²) in [6.45, 7) is 8.14. The first-order chi connectivity index (χ1) is 4.31. The number of carbonyl (C=O) groups is 1. The molecule has 0 unspecified atom stereocenters. The van der Waals surface area contributed by atoms with E-state index in [0.717, 1.165) is 0 Å². The van der Waals surface area contributed by atoms with Gasteiger partial charge >= 0.3 is 5.97 Å². The number of hydrogen-bond acceptors (Lipinski definition) is 3. The molecule has 3 nitrogen and oxygen atoms in total. The Morgan fingerprint density at radius 2 is 2.11 bits per heavy atom. The molecule has 0 heterocycles. The van der Waals surface area contributed by atoms with E-state index >= 15 is 0 Å². The standard InChI is InChI=1S/C4H9NO2.C2H4/c1-2-7-4(6)3-5;1-2/h2-3,5H2,1H3;1-2H2. The first-order valence-electron chi connectivity index (χ1n) is 2.67. The molecule has 0 aliphatic carbocycles. The molecule has 0 radical (unpaired) electrons. The van der Waals surface area contributed by atoms with Gasteiger partial charge in [0.2, 0.25) is 0 Å². The lowest BCUT2D eigenvalue weighted by Crippen LogP contribution is -2.16. The van der Waals surface area contributed by atoms with Gasteiger partial charge < -0.3 is 10.5 Å². The number of carbonyl (C=O) groups excluding carboxylic acids is 1. The van der Waals surface area contributed by atoms with Gasteiger partial charge in [-0.2, -0.15) is 0 Å². The van der Waals surface area contributed by atoms with Crippen LogP contribution in [0.15, 0.2) is 13.2 Å². The van der Waals surface area contributed by atoms with E-state index in [2.05, 4.69) is 17.9 Å². The van der Waals surface area contributed by atoms with Crippen LogP contribution in [0.4, 0.5) is 0 Å². The van der Waals surface area contributed by atoms with E-state index in [-0.39, 0.29) is 12.5 Å². The summed E-state index contributed by atoms with van der Waals surface area (Å²) in [5.74, 6) is -0.345. The van der Waals surface area contributed by atoms with Crippen LogP contribution in [0, 0.1) is 0 Å². The van der Waals surface area contributed by atoms with E-state index in [4.69, 9.17) is 5.73 Å². The van der Waals surface area contributed by atoms with E-state index in [1.54, 1.807) is 6.92 Å². The van der Waals surface area contributed by atoms with E-state index in [9.17, 15) is 4.79 Å². The van der Waals surface area contributed by atoms with Crippen molar-refractivity contribution in [2.45, 2.75) is 6.92 Å². The van der Waals surface area contributed by atoms with Crippen LogP contribution in [-0.2, 0) is 9.53 Å². The van der Waals surface area contributed by atoms with Gasteiger partial charge in [0.15, 0.2) is 0 Å². The Balaban J connectivity index is 0. The zero-order valence-corrected chi connectivity index (χ0v) is 5.72. The third-order valence-electron chi connectivity index (χ3n) is 0.472. The molecule has 0 spiro atoms. The summed E-state index contributed by atoms with van der Waals surface area (Å²) in [6, 6.07) is 0. The van der Waals surface area contributed by atoms with Gasteiger partial charge in [0.25, 0.3) is 0 Å². The Hall–Kier alpha value is -0.830. The smallest absolute Gasteiger partial charge is 0.319 e. The topological polar surface area (TPSA) is 52.3 Å². The Morgan fingerprint density at radius 1 is 1.67 bits per heavy atom. The maximum Gasteiger partial charge on any atom is 0.319 e. The van der Waals surface area contributed by atoms with Crippen molar-refractivity contribution in [3.05, 3.63) is 13.2 Å². The molecule has 0 aromatic heterocycles. The van der Waals surface area contributed by atoms with E-state index in [1.165, 1.54) is 0 Å². The molecular formula is C6H13NO2. The molecule has 0 aromatic carbocycles. The zero-order chi connectivity index (χ0) is 7.70. The molecule has 9 heavy (non-hydrogen) atoms. The third-order valence-corrected chi connectivity index (χ3v) is 0.472. The SMILES string of the molecule is C=C.CCOC(=O)CN. The van der Waals surface area contributed by atoms with Crippen molar-refractivity contribution < 1.29 is 9.53 Å². The molecule has 0 aliphatic heterocycles. The first kappa shape index (κ1) is 11.0. The van der Waals surface area contributed by atoms with Crippen LogP contribution in [0.3, 0.4) is 0 Å². The van der Waals surface area contributed by atoms with Crippen LogP contribution in [0.2, 0.25) is 0 Å². The summed E-state index contributed by atoms with van der Waals surface area (Å²) >= 11 is 0. The minimum Gasteiger partial charge on any atom is -0.465 e. The van der Waals surface area contributed by atoms with Crippen LogP contribution in [0.25, 0.3) is 0 Å². The monoisotopic (exact) mass is 131 g/mol. The highest BCUT2D eigenvalue weighted by Crippen LogP contribution is 1.69. The molecule has 0 bridgehead atoms. The summed E-state index contributed by atoms with van der Waals surface area (Å²) in [5.41, 5.74) is 4.88. The molecule has 2 N–H and O–H groups in total. The van der Waals surface area contributed by atoms with Crippen molar-refractivity contribution in [3.8, 4) is 0 Å². The van der Waals surface area contributed by atoms with Crippen molar-refractivity contribution in [1.29, 1.82) is 0 Å². The molecular weight excluding hydrogens is 118 g/mol. The summed E-state index contributed by atoms with van der Waals surface area (Å²) in [4.78, 5) is 10.1. The van der Waals surface area contributed by atoms with Gasteiger partial charge in [-0.25, -0.2) is 0 Å². The Kier molecular flexibility index (Phi) is 12.5. The van der Waals surface area contributed by atoms with Gasteiger partial charge in [0.05, 0.1) is 13.2 Å². The van der Waals surface area contributed by atoms with Crippen molar-refractivity contribution >= 4 is 5.97 Å². The predicted octanol–water partition coefficient (Wildman–Crippen LogP) is 0.310. The number of nitrogens with two attached hydrogens (primary N) is 1. The lowest BCUT2D eigenvalue weighted by atomic mass is 10.7. The number of ether oxygens (including phenoxy) is 1. The maximum absolute atomic E-state index is 10.1. The van der Waals surface area contributed by atoms with Gasteiger partial charge in [-0.15, -0.1) is 13.2 Å². The largest absolute Gasteiger partial charge is 0.465 e. The summed E-state index contributed by atoms with van der Waals surface area (Å²) < 4.78 is 4.43. The highest BCUT2D eigenvalue weighted by Gasteiger charge is 1.91. The highest BCUT2D eigenvalue weighted by atomic mass is 16.5. The number of esters is 1. The molecule has 0 saturated carbocycles. The lowest BCUT2D eigenvalue weighted by Gasteiger charge is -1.93. The quantitative estimate of drug-likeness (QED) is 0.433. The summed E-state index contributed by atoms with van der Waals surface area (Å²) in [7, 11) is 0. The van der Waals surface area contributed by atoms with Gasteiger partial charge in [-0.1, -0.05) is 0 Å². The minimum atomic E-state index is -0.345. The molecule has 0 saturated heterocycles. The van der Waals surface area contributed by atoms with Crippen LogP contribution >= 0.6 is 0 Å². The molecule has 0 fully saturated rings. The lowest BCUT2D eigenvalue weighted by molar-refractivity contribution is -0.141. The fourth-order valence-corrected chi connectivity index (χ4v) is 0.220. The minimum absolute atomic E-state index is 0.0200. The van der Waals surface area contributed by atoms with Gasteiger partial charge in [0.1, 0.15) is 0 Å². The van der Waals surface area contributed by atoms with Crippen LogP contribution < -0.4 is 5.73 Å². The van der Waals surface area contributed by atoms with Gasteiger partial charge in [0, 0.05) is 0 Å². The van der Waals surface area contributed by atoms with Crippen molar-refractivity contribution in [2.24, 2.45) is 5.73 Å². The fourth-order valence-electron chi connectivity index (χ4n) is 0.220. The summed E-state index contributed by atoms with van der Waals surface area (Å²) in [5, 5.41) is 0. The maximum atomic E-state index is 10.1. The second-order valence-electron chi connectivity index (χ2n) is 1.01. The molecule has 0 rings (SSSR count). The summed E-state index contributed by atoms with van der Waals surface area (Å²) in [6.07, 6.45) is 0. The Bertz CT molecular complexity index is 73.5. The Morgan fingerprint density at radius 3 is 2.22 bits per heavy atom. The predicted molar refractivity (Wildman–Crippen MR) is 36.9 cm³/mol. The Labute approximate surface area is 55.5 Å². The zero-order valence-electron chi connectivity index (χ0n) is 5.72. The van der Waals surface area contributed by atoms with Crippen molar-refractivity contribution in [1.82, 2.24) is 0 Å². The highest BCUT2D eigenvalue weighted by molar-refractivity contribution is 5.71. The average Bonchev–Trinajstić information content (AvgIpc) is 1.93. The normalized spacial score (nSPS) is 6.89. The van der Waals surface area contributed by atoms with Crippen molar-refractivity contribution in [3.63, 3.8) is 0 Å². The van der Waals surface area contributed by atoms with Crippen LogP contribution in [0.1, 0.15) is 6.92 Å². The second-order valence-corrected chi connectivity index (χ2v) is 1.01. The molecule has 0 atom stereocenters. The van der Waals surface area contributed by atoms with E-state index in [1.807, 2.05) is 0 Å². The molecule has 0 aliphatic rings.